The number of hydrogen-bond acceptors (Lipinski definition) is 5. The maximum Gasteiger partial charge on any atom is 0.183 e. The van der Waals surface area contributed by atoms with Crippen LogP contribution in [0.3, 0.4) is 0 Å². The van der Waals surface area contributed by atoms with E-state index < -0.39 is 11.4 Å². The van der Waals surface area contributed by atoms with Gasteiger partial charge in [-0.05, 0) is 30.7 Å². The lowest BCUT2D eigenvalue weighted by atomic mass is 9.95. The number of nitrogens with zero attached hydrogens (tertiary/aromatic N) is 6. The first-order valence-electron chi connectivity index (χ1n) is 9.69. The lowest BCUT2D eigenvalue weighted by Crippen LogP contribution is -2.27. The Labute approximate surface area is 177 Å². The average Bonchev–Trinajstić information content (AvgIpc) is 3.45. The minimum absolute atomic E-state index is 0.304. The fraction of sp³-hybridized carbons (Fsp3) is 0.182. The van der Waals surface area contributed by atoms with Crippen molar-refractivity contribution in [3.63, 3.8) is 0 Å². The van der Waals surface area contributed by atoms with Gasteiger partial charge in [0.15, 0.2) is 11.6 Å². The third kappa shape index (κ3) is 3.19. The summed E-state index contributed by atoms with van der Waals surface area (Å²) >= 11 is 0. The summed E-state index contributed by atoms with van der Waals surface area (Å²) in [6.07, 6.45) is 7.28. The Kier molecular flexibility index (Phi) is 4.23. The van der Waals surface area contributed by atoms with E-state index in [1.807, 2.05) is 19.3 Å². The Bertz CT molecular complexity index is 1410. The van der Waals surface area contributed by atoms with E-state index >= 15 is 0 Å². The Morgan fingerprint density at radius 2 is 1.97 bits per heavy atom. The maximum absolute atomic E-state index is 13.7. The topological polar surface area (TPSA) is 97.4 Å². The highest BCUT2D eigenvalue weighted by molar-refractivity contribution is 5.94. The van der Waals surface area contributed by atoms with E-state index in [9.17, 15) is 9.50 Å². The van der Waals surface area contributed by atoms with Gasteiger partial charge in [0.25, 0.3) is 0 Å². The van der Waals surface area contributed by atoms with Gasteiger partial charge in [-0.25, -0.2) is 19.0 Å². The van der Waals surface area contributed by atoms with E-state index in [1.165, 1.54) is 16.8 Å². The second-order valence-corrected chi connectivity index (χ2v) is 7.69. The first-order valence-corrected chi connectivity index (χ1v) is 9.69. The number of aryl methyl sites for hydroxylation is 2. The molecule has 1 unspecified atom stereocenters. The van der Waals surface area contributed by atoms with Gasteiger partial charge < -0.3 is 10.1 Å². The van der Waals surface area contributed by atoms with E-state index in [2.05, 4.69) is 25.1 Å². The molecule has 0 saturated carbocycles. The zero-order valence-electron chi connectivity index (χ0n) is 17.2. The fourth-order valence-corrected chi connectivity index (χ4v) is 3.76. The molecular weight excluding hydrogens is 397 g/mol. The van der Waals surface area contributed by atoms with E-state index in [4.69, 9.17) is 0 Å². The standard InChI is InChI=1S/C22H20FN7O/c1-22(31,15-5-4-6-16(23)8-15)21-27-20(28-30(21)3)18-11-25-19-17(18)7-13(9-24-19)14-10-26-29(2)12-14/h4-12,31H,1-3H3,(H,24,25). The molecule has 1 atom stereocenters. The number of halogens is 1. The number of hydrogen-bond donors (Lipinski definition) is 2. The molecule has 8 nitrogen and oxygen atoms in total. The minimum atomic E-state index is -1.52. The molecule has 0 bridgehead atoms. The van der Waals surface area contributed by atoms with Gasteiger partial charge in [0.1, 0.15) is 17.1 Å². The van der Waals surface area contributed by atoms with Crippen LogP contribution in [0, 0.1) is 5.82 Å². The van der Waals surface area contributed by atoms with Crippen molar-refractivity contribution in [2.24, 2.45) is 14.1 Å². The molecule has 5 aromatic rings. The third-order valence-electron chi connectivity index (χ3n) is 5.40. The Balaban J connectivity index is 1.60. The second kappa shape index (κ2) is 6.85. The SMILES string of the molecule is Cn1cc(-c2cnc3[nH]cc(-c4nc(C(C)(O)c5cccc(F)c5)n(C)n4)c3c2)cn1. The monoisotopic (exact) mass is 417 g/mol. The molecule has 31 heavy (non-hydrogen) atoms. The third-order valence-corrected chi connectivity index (χ3v) is 5.40. The normalized spacial score (nSPS) is 13.6. The molecule has 5 rings (SSSR count). The number of fused-ring (bicyclic) bond motifs is 1. The fourth-order valence-electron chi connectivity index (χ4n) is 3.76. The smallest absolute Gasteiger partial charge is 0.183 e. The number of aliphatic hydroxyl groups is 1. The molecule has 4 heterocycles. The van der Waals surface area contributed by atoms with E-state index in [0.717, 1.165) is 22.1 Å². The molecule has 1 aromatic carbocycles. The van der Waals surface area contributed by atoms with Gasteiger partial charge in [0, 0.05) is 54.8 Å². The second-order valence-electron chi connectivity index (χ2n) is 7.69. The van der Waals surface area contributed by atoms with Crippen LogP contribution < -0.4 is 0 Å². The lowest BCUT2D eigenvalue weighted by Gasteiger charge is -2.22. The number of pyridine rings is 1. The molecule has 0 saturated heterocycles. The summed E-state index contributed by atoms with van der Waals surface area (Å²) in [4.78, 5) is 12.2. The quantitative estimate of drug-likeness (QED) is 0.468. The zero-order valence-corrected chi connectivity index (χ0v) is 17.2. The zero-order chi connectivity index (χ0) is 21.8. The largest absolute Gasteiger partial charge is 0.377 e. The minimum Gasteiger partial charge on any atom is -0.377 e. The summed E-state index contributed by atoms with van der Waals surface area (Å²) < 4.78 is 17.0. The number of benzene rings is 1. The summed E-state index contributed by atoms with van der Waals surface area (Å²) in [5.41, 5.74) is 2.21. The molecule has 0 amide bonds. The molecule has 156 valence electrons. The Hall–Kier alpha value is -3.85. The number of rotatable bonds is 4. The summed E-state index contributed by atoms with van der Waals surface area (Å²) in [5, 5.41) is 20.7. The van der Waals surface area contributed by atoms with Gasteiger partial charge in [0.2, 0.25) is 0 Å². The van der Waals surface area contributed by atoms with Crippen LogP contribution in [0.15, 0.2) is 55.1 Å². The van der Waals surface area contributed by atoms with Crippen LogP contribution in [0.2, 0.25) is 0 Å². The molecule has 0 aliphatic rings. The summed E-state index contributed by atoms with van der Waals surface area (Å²) in [6.45, 7) is 1.58. The first-order chi connectivity index (χ1) is 14.8. The van der Waals surface area contributed by atoms with Crippen LogP contribution >= 0.6 is 0 Å². The lowest BCUT2D eigenvalue weighted by molar-refractivity contribution is 0.0877. The number of H-pyrrole nitrogens is 1. The van der Waals surface area contributed by atoms with Crippen molar-refractivity contribution in [2.45, 2.75) is 12.5 Å². The van der Waals surface area contributed by atoms with Crippen LogP contribution in [0.4, 0.5) is 4.39 Å². The van der Waals surface area contributed by atoms with Crippen molar-refractivity contribution in [1.82, 2.24) is 34.5 Å². The predicted molar refractivity (Wildman–Crippen MR) is 113 cm³/mol. The van der Waals surface area contributed by atoms with Gasteiger partial charge in [-0.2, -0.15) is 10.2 Å². The van der Waals surface area contributed by atoms with Crippen molar-refractivity contribution < 1.29 is 9.50 Å². The number of nitrogens with one attached hydrogen (secondary N) is 1. The highest BCUT2D eigenvalue weighted by atomic mass is 19.1. The molecule has 0 fully saturated rings. The molecule has 0 radical (unpaired) electrons. The van der Waals surface area contributed by atoms with Gasteiger partial charge in [-0.1, -0.05) is 12.1 Å². The van der Waals surface area contributed by atoms with Crippen LogP contribution in [0.25, 0.3) is 33.5 Å². The van der Waals surface area contributed by atoms with E-state index in [1.54, 1.807) is 49.4 Å². The van der Waals surface area contributed by atoms with Crippen molar-refractivity contribution in [3.05, 3.63) is 72.3 Å². The predicted octanol–water partition coefficient (Wildman–Crippen LogP) is 3.15. The molecule has 0 aliphatic heterocycles. The highest BCUT2D eigenvalue weighted by Gasteiger charge is 2.32. The van der Waals surface area contributed by atoms with Gasteiger partial charge in [-0.15, -0.1) is 0 Å². The Morgan fingerprint density at radius 3 is 2.71 bits per heavy atom. The molecule has 4 aromatic heterocycles. The molecular formula is C22H20FN7O. The van der Waals surface area contributed by atoms with Gasteiger partial charge in [0.05, 0.1) is 6.20 Å². The average molecular weight is 417 g/mol. The van der Waals surface area contributed by atoms with Gasteiger partial charge >= 0.3 is 0 Å². The maximum atomic E-state index is 13.7. The number of aromatic nitrogens is 7. The van der Waals surface area contributed by atoms with Crippen molar-refractivity contribution >= 4 is 11.0 Å². The van der Waals surface area contributed by atoms with Gasteiger partial charge in [-0.3, -0.25) is 4.68 Å². The molecule has 9 heteroatoms. The first kappa shape index (κ1) is 19.1. The Morgan fingerprint density at radius 1 is 1.13 bits per heavy atom. The van der Waals surface area contributed by atoms with Crippen LogP contribution in [-0.4, -0.2) is 39.6 Å². The highest BCUT2D eigenvalue weighted by Crippen LogP contribution is 2.32. The molecule has 2 N–H and O–H groups in total. The van der Waals surface area contributed by atoms with Crippen molar-refractivity contribution in [2.75, 3.05) is 0 Å². The van der Waals surface area contributed by atoms with Crippen LogP contribution in [0.1, 0.15) is 18.3 Å². The van der Waals surface area contributed by atoms with E-state index in [-0.39, 0.29) is 0 Å². The van der Waals surface area contributed by atoms with Crippen LogP contribution in [0.5, 0.6) is 0 Å². The van der Waals surface area contributed by atoms with E-state index in [0.29, 0.717) is 22.9 Å². The summed E-state index contributed by atoms with van der Waals surface area (Å²) in [7, 11) is 3.56. The van der Waals surface area contributed by atoms with Crippen molar-refractivity contribution in [3.8, 4) is 22.5 Å². The number of aromatic amines is 1. The van der Waals surface area contributed by atoms with Crippen molar-refractivity contribution in [1.29, 1.82) is 0 Å². The molecule has 0 spiro atoms. The molecule has 0 aliphatic carbocycles. The summed E-state index contributed by atoms with van der Waals surface area (Å²) in [6, 6.07) is 7.85. The summed E-state index contributed by atoms with van der Waals surface area (Å²) in [5.74, 6) is 0.315. The van der Waals surface area contributed by atoms with Crippen LogP contribution in [-0.2, 0) is 19.7 Å².